The smallest absolute Gasteiger partial charge is 0.305 e. The topological polar surface area (TPSA) is 194 Å². The SMILES string of the molecule is COC(=O)CCCCCN(C(=O)CNC(=O)[C@@H](CCSC)NC(=O)[C@H](N)Cc1c(C)cc(O)cc1C)[C@@H](Cc1ccccc1)C(N)=O. The molecule has 7 N–H and O–H groups in total. The van der Waals surface area contributed by atoms with Crippen molar-refractivity contribution in [3.05, 3.63) is 64.7 Å². The van der Waals surface area contributed by atoms with Crippen molar-refractivity contribution in [2.45, 2.75) is 76.9 Å². The van der Waals surface area contributed by atoms with Gasteiger partial charge in [0, 0.05) is 19.4 Å². The monoisotopic (exact) mass is 671 g/mol. The molecule has 0 aromatic heterocycles. The fraction of sp³-hybridized carbons (Fsp3) is 0.500. The third-order valence-electron chi connectivity index (χ3n) is 7.90. The quantitative estimate of drug-likeness (QED) is 0.103. The minimum absolute atomic E-state index is 0.129. The van der Waals surface area contributed by atoms with Crippen molar-refractivity contribution in [1.29, 1.82) is 0 Å². The molecule has 2 rings (SSSR count). The number of nitrogens with two attached hydrogens (primary N) is 2. The number of primary amides is 1. The molecule has 0 heterocycles. The van der Waals surface area contributed by atoms with Crippen molar-refractivity contribution in [2.24, 2.45) is 11.5 Å². The van der Waals surface area contributed by atoms with E-state index in [9.17, 15) is 29.1 Å². The number of phenols is 1. The Hall–Kier alpha value is -4.10. The Morgan fingerprint density at radius 3 is 2.23 bits per heavy atom. The molecule has 0 saturated carbocycles. The number of unbranched alkanes of at least 4 members (excludes halogenated alkanes) is 2. The average Bonchev–Trinajstić information content (AvgIpc) is 3.04. The molecular weight excluding hydrogens is 622 g/mol. The van der Waals surface area contributed by atoms with Gasteiger partial charge in [0.05, 0.1) is 19.7 Å². The van der Waals surface area contributed by atoms with E-state index in [0.717, 1.165) is 22.3 Å². The van der Waals surface area contributed by atoms with Gasteiger partial charge in [0.25, 0.3) is 0 Å². The van der Waals surface area contributed by atoms with Gasteiger partial charge in [0.2, 0.25) is 23.6 Å². The predicted octanol–water partition coefficient (Wildman–Crippen LogP) is 1.89. The summed E-state index contributed by atoms with van der Waals surface area (Å²) in [6.45, 7) is 3.43. The van der Waals surface area contributed by atoms with Crippen LogP contribution in [0.3, 0.4) is 0 Å². The summed E-state index contributed by atoms with van der Waals surface area (Å²) in [5.74, 6) is -1.89. The van der Waals surface area contributed by atoms with Crippen molar-refractivity contribution in [3.8, 4) is 5.75 Å². The number of hydrogen-bond donors (Lipinski definition) is 5. The lowest BCUT2D eigenvalue weighted by Gasteiger charge is -2.30. The Bertz CT molecular complexity index is 1330. The molecule has 47 heavy (non-hydrogen) atoms. The van der Waals surface area contributed by atoms with E-state index in [0.29, 0.717) is 31.4 Å². The zero-order valence-electron chi connectivity index (χ0n) is 27.8. The largest absolute Gasteiger partial charge is 0.508 e. The van der Waals surface area contributed by atoms with Crippen LogP contribution in [0.15, 0.2) is 42.5 Å². The van der Waals surface area contributed by atoms with Crippen molar-refractivity contribution in [2.75, 3.05) is 32.2 Å². The highest BCUT2D eigenvalue weighted by Crippen LogP contribution is 2.22. The summed E-state index contributed by atoms with van der Waals surface area (Å²) in [5, 5.41) is 15.2. The number of carbonyl (C=O) groups is 5. The summed E-state index contributed by atoms with van der Waals surface area (Å²) in [5.41, 5.74) is 15.3. The van der Waals surface area contributed by atoms with Gasteiger partial charge in [0.1, 0.15) is 17.8 Å². The molecule has 2 aromatic rings. The van der Waals surface area contributed by atoms with Gasteiger partial charge in [-0.15, -0.1) is 0 Å². The van der Waals surface area contributed by atoms with Crippen LogP contribution < -0.4 is 22.1 Å². The van der Waals surface area contributed by atoms with E-state index >= 15 is 0 Å². The normalized spacial score (nSPS) is 12.8. The number of phenolic OH excluding ortho intramolecular Hbond substituents is 1. The highest BCUT2D eigenvalue weighted by molar-refractivity contribution is 7.98. The molecule has 0 aliphatic rings. The van der Waals surface area contributed by atoms with E-state index in [1.165, 1.54) is 23.8 Å². The maximum Gasteiger partial charge on any atom is 0.305 e. The van der Waals surface area contributed by atoms with Gasteiger partial charge in [0.15, 0.2) is 0 Å². The van der Waals surface area contributed by atoms with Gasteiger partial charge in [-0.25, -0.2) is 0 Å². The molecule has 0 saturated heterocycles. The number of hydrogen-bond acceptors (Lipinski definition) is 9. The first-order valence-electron chi connectivity index (χ1n) is 15.7. The van der Waals surface area contributed by atoms with Crippen molar-refractivity contribution >= 4 is 41.4 Å². The van der Waals surface area contributed by atoms with Gasteiger partial charge in [-0.05, 0) is 85.9 Å². The Morgan fingerprint density at radius 2 is 1.64 bits per heavy atom. The fourth-order valence-corrected chi connectivity index (χ4v) is 5.73. The van der Waals surface area contributed by atoms with E-state index < -0.39 is 48.3 Å². The Morgan fingerprint density at radius 1 is 0.979 bits per heavy atom. The number of esters is 1. The number of amides is 4. The molecule has 0 fully saturated rings. The minimum Gasteiger partial charge on any atom is -0.508 e. The molecule has 4 amide bonds. The van der Waals surface area contributed by atoms with Crippen LogP contribution in [-0.4, -0.2) is 89.9 Å². The maximum absolute atomic E-state index is 13.6. The third-order valence-corrected chi connectivity index (χ3v) is 8.55. The number of nitrogens with one attached hydrogen (secondary N) is 2. The van der Waals surface area contributed by atoms with Gasteiger partial charge in [-0.1, -0.05) is 36.8 Å². The molecular formula is C34H49N5O7S. The standard InChI is InChI=1S/C34H49N5O7S/c1-22-17-25(40)18-23(2)26(22)20-27(35)33(44)38-28(14-16-47-4)34(45)37-21-30(41)39(15-10-6-9-13-31(42)46-3)29(32(36)43)19-24-11-7-5-8-12-24/h5,7-8,11-12,17-18,27-29,40H,6,9-10,13-16,19-21,35H2,1-4H3,(H2,36,43)(H,37,45)(H,38,44)/t27-,28-,29+/m1/s1. The number of nitrogens with zero attached hydrogens (tertiary/aromatic N) is 1. The number of rotatable bonds is 20. The molecule has 0 aliphatic carbocycles. The summed E-state index contributed by atoms with van der Waals surface area (Å²) in [4.78, 5) is 65.4. The van der Waals surface area contributed by atoms with Gasteiger partial charge >= 0.3 is 5.97 Å². The lowest BCUT2D eigenvalue weighted by atomic mass is 9.96. The van der Waals surface area contributed by atoms with E-state index in [4.69, 9.17) is 11.5 Å². The zero-order chi connectivity index (χ0) is 34.9. The van der Waals surface area contributed by atoms with E-state index in [-0.39, 0.29) is 37.5 Å². The van der Waals surface area contributed by atoms with Crippen LogP contribution >= 0.6 is 11.8 Å². The van der Waals surface area contributed by atoms with Crippen LogP contribution in [0, 0.1) is 13.8 Å². The van der Waals surface area contributed by atoms with Gasteiger partial charge in [-0.3, -0.25) is 24.0 Å². The lowest BCUT2D eigenvalue weighted by molar-refractivity contribution is -0.141. The summed E-state index contributed by atoms with van der Waals surface area (Å²) in [6, 6.07) is 9.53. The summed E-state index contributed by atoms with van der Waals surface area (Å²) in [7, 11) is 1.32. The fourth-order valence-electron chi connectivity index (χ4n) is 5.26. The van der Waals surface area contributed by atoms with Crippen LogP contribution in [0.2, 0.25) is 0 Å². The number of aromatic hydroxyl groups is 1. The number of benzene rings is 2. The number of ether oxygens (including phenoxy) is 1. The lowest BCUT2D eigenvalue weighted by Crippen LogP contribution is -2.55. The predicted molar refractivity (Wildman–Crippen MR) is 183 cm³/mol. The average molecular weight is 672 g/mol. The van der Waals surface area contributed by atoms with Gasteiger partial charge in [-0.2, -0.15) is 11.8 Å². The van der Waals surface area contributed by atoms with Crippen LogP contribution in [0.4, 0.5) is 0 Å². The molecule has 2 aromatic carbocycles. The highest BCUT2D eigenvalue weighted by atomic mass is 32.2. The van der Waals surface area contributed by atoms with Crippen LogP contribution in [0.1, 0.15) is 54.4 Å². The first kappa shape index (κ1) is 39.1. The summed E-state index contributed by atoms with van der Waals surface area (Å²) in [6.07, 6.45) is 4.49. The molecule has 258 valence electrons. The van der Waals surface area contributed by atoms with E-state index in [2.05, 4.69) is 15.4 Å². The minimum atomic E-state index is -0.959. The van der Waals surface area contributed by atoms with Crippen LogP contribution in [-0.2, 0) is 41.6 Å². The second-order valence-corrected chi connectivity index (χ2v) is 12.5. The second-order valence-electron chi connectivity index (χ2n) is 11.5. The molecule has 3 atom stereocenters. The third kappa shape index (κ3) is 13.3. The number of thioether (sulfide) groups is 1. The summed E-state index contributed by atoms with van der Waals surface area (Å²) >= 11 is 1.50. The zero-order valence-corrected chi connectivity index (χ0v) is 28.6. The summed E-state index contributed by atoms with van der Waals surface area (Å²) < 4.78 is 4.68. The molecule has 0 unspecified atom stereocenters. The maximum atomic E-state index is 13.6. The number of carbonyl (C=O) groups excluding carboxylic acids is 5. The molecule has 12 nitrogen and oxygen atoms in total. The second kappa shape index (κ2) is 20.2. The van der Waals surface area contributed by atoms with Gasteiger partial charge < -0.3 is 36.8 Å². The molecule has 13 heteroatoms. The van der Waals surface area contributed by atoms with Crippen molar-refractivity contribution in [1.82, 2.24) is 15.5 Å². The first-order valence-corrected chi connectivity index (χ1v) is 17.1. The van der Waals surface area contributed by atoms with Crippen molar-refractivity contribution < 1.29 is 33.8 Å². The number of methoxy groups -OCH3 is 1. The van der Waals surface area contributed by atoms with E-state index in [1.54, 1.807) is 12.1 Å². The molecule has 0 radical (unpaired) electrons. The first-order chi connectivity index (χ1) is 22.4. The molecule has 0 spiro atoms. The van der Waals surface area contributed by atoms with E-state index in [1.807, 2.05) is 50.4 Å². The molecule has 0 aliphatic heterocycles. The number of aryl methyl sites for hydroxylation is 2. The Kier molecular flexibility index (Phi) is 16.8. The highest BCUT2D eigenvalue weighted by Gasteiger charge is 2.30. The Balaban J connectivity index is 2.13. The van der Waals surface area contributed by atoms with Crippen molar-refractivity contribution in [3.63, 3.8) is 0 Å². The molecule has 0 bridgehead atoms. The Labute approximate surface area is 281 Å². The van der Waals surface area contributed by atoms with Crippen LogP contribution in [0.25, 0.3) is 0 Å². The van der Waals surface area contributed by atoms with Crippen LogP contribution in [0.5, 0.6) is 5.75 Å².